The van der Waals surface area contributed by atoms with Crippen molar-refractivity contribution in [3.8, 4) is 5.75 Å². The van der Waals surface area contributed by atoms with Crippen LogP contribution in [0.15, 0.2) is 33.1 Å². The van der Waals surface area contributed by atoms with Gasteiger partial charge < -0.3 is 14.6 Å². The molecule has 8 heteroatoms. The minimum absolute atomic E-state index is 0.762. The maximum atomic E-state index is 5.46. The molecule has 130 valence electrons. The lowest BCUT2D eigenvalue weighted by molar-refractivity contribution is 0.369. The van der Waals surface area contributed by atoms with E-state index in [1.807, 2.05) is 24.3 Å². The standard InChI is InChI=1S/C17H18N4O2S2/c1-22-12-6-4-5-11(9-12)18-16-19-20-17(25-16)24-10-14-13-7-2-3-8-15(13)23-21-14/h4-6,9H,2-3,7-8,10H2,1H3,(H,18,19). The Morgan fingerprint density at radius 1 is 1.28 bits per heavy atom. The van der Waals surface area contributed by atoms with Gasteiger partial charge in [-0.15, -0.1) is 10.2 Å². The second kappa shape index (κ2) is 7.45. The van der Waals surface area contributed by atoms with E-state index in [9.17, 15) is 0 Å². The van der Waals surface area contributed by atoms with Crippen LogP contribution < -0.4 is 10.1 Å². The second-order valence-corrected chi connectivity index (χ2v) is 7.96. The summed E-state index contributed by atoms with van der Waals surface area (Å²) in [5, 5.41) is 16.7. The van der Waals surface area contributed by atoms with Gasteiger partial charge in [0, 0.05) is 29.5 Å². The number of aryl methyl sites for hydroxylation is 1. The summed E-state index contributed by atoms with van der Waals surface area (Å²) in [6, 6.07) is 7.74. The van der Waals surface area contributed by atoms with Crippen molar-refractivity contribution in [1.82, 2.24) is 15.4 Å². The number of hydrogen-bond donors (Lipinski definition) is 1. The monoisotopic (exact) mass is 374 g/mol. The van der Waals surface area contributed by atoms with Gasteiger partial charge in [-0.05, 0) is 31.4 Å². The summed E-state index contributed by atoms with van der Waals surface area (Å²) in [5.74, 6) is 2.64. The summed E-state index contributed by atoms with van der Waals surface area (Å²) >= 11 is 3.18. The lowest BCUT2D eigenvalue weighted by atomic mass is 9.97. The van der Waals surface area contributed by atoms with Gasteiger partial charge in [0.25, 0.3) is 0 Å². The molecule has 0 spiro atoms. The van der Waals surface area contributed by atoms with E-state index in [1.165, 1.54) is 29.7 Å². The molecular formula is C17H18N4O2S2. The smallest absolute Gasteiger partial charge is 0.210 e. The van der Waals surface area contributed by atoms with Crippen molar-refractivity contribution in [2.24, 2.45) is 0 Å². The normalized spacial score (nSPS) is 13.5. The summed E-state index contributed by atoms with van der Waals surface area (Å²) in [5.41, 5.74) is 3.29. The highest BCUT2D eigenvalue weighted by molar-refractivity contribution is 8.00. The average molecular weight is 374 g/mol. The van der Waals surface area contributed by atoms with Gasteiger partial charge in [0.2, 0.25) is 5.13 Å². The predicted octanol–water partition coefficient (Wildman–Crippen LogP) is 4.45. The Hall–Kier alpha value is -2.06. The van der Waals surface area contributed by atoms with E-state index in [2.05, 4.69) is 20.7 Å². The Balaban J connectivity index is 1.39. The van der Waals surface area contributed by atoms with Crippen LogP contribution in [0.4, 0.5) is 10.8 Å². The summed E-state index contributed by atoms with van der Waals surface area (Å²) in [6.45, 7) is 0. The number of ether oxygens (including phenoxy) is 1. The number of aromatic nitrogens is 3. The minimum Gasteiger partial charge on any atom is -0.497 e. The third-order valence-corrected chi connectivity index (χ3v) is 6.07. The van der Waals surface area contributed by atoms with Gasteiger partial charge in [-0.2, -0.15) is 0 Å². The molecule has 2 aromatic heterocycles. The van der Waals surface area contributed by atoms with Gasteiger partial charge >= 0.3 is 0 Å². The fourth-order valence-corrected chi connectivity index (χ4v) is 4.57. The van der Waals surface area contributed by atoms with Crippen molar-refractivity contribution < 1.29 is 9.26 Å². The molecule has 1 aliphatic rings. The van der Waals surface area contributed by atoms with Crippen molar-refractivity contribution in [1.29, 1.82) is 0 Å². The van der Waals surface area contributed by atoms with Gasteiger partial charge in [0.05, 0.1) is 12.8 Å². The number of methoxy groups -OCH3 is 1. The maximum Gasteiger partial charge on any atom is 0.210 e. The Labute approximate surface area is 154 Å². The third-order valence-electron chi connectivity index (χ3n) is 4.09. The first-order valence-electron chi connectivity index (χ1n) is 8.15. The number of nitrogens with zero attached hydrogens (tertiary/aromatic N) is 3. The lowest BCUT2D eigenvalue weighted by Crippen LogP contribution is -2.01. The molecule has 1 aromatic carbocycles. The van der Waals surface area contributed by atoms with E-state index < -0.39 is 0 Å². The summed E-state index contributed by atoms with van der Waals surface area (Å²) in [7, 11) is 1.65. The van der Waals surface area contributed by atoms with Crippen LogP contribution in [-0.2, 0) is 18.6 Å². The van der Waals surface area contributed by atoms with Crippen LogP contribution in [0, 0.1) is 0 Å². The average Bonchev–Trinajstić information content (AvgIpc) is 3.27. The van der Waals surface area contributed by atoms with E-state index in [4.69, 9.17) is 9.26 Å². The number of fused-ring (bicyclic) bond motifs is 1. The van der Waals surface area contributed by atoms with Crippen LogP contribution in [0.5, 0.6) is 5.75 Å². The Kier molecular flexibility index (Phi) is 4.89. The SMILES string of the molecule is COc1cccc(Nc2nnc(SCc3noc4c3CCCC4)s2)c1. The zero-order valence-electron chi connectivity index (χ0n) is 13.8. The quantitative estimate of drug-likeness (QED) is 0.639. The highest BCUT2D eigenvalue weighted by Gasteiger charge is 2.19. The van der Waals surface area contributed by atoms with Gasteiger partial charge in [-0.25, -0.2) is 0 Å². The molecule has 1 aliphatic carbocycles. The molecule has 4 rings (SSSR count). The number of benzene rings is 1. The van der Waals surface area contributed by atoms with Gasteiger partial charge in [-0.1, -0.05) is 34.3 Å². The van der Waals surface area contributed by atoms with Crippen LogP contribution in [0.25, 0.3) is 0 Å². The van der Waals surface area contributed by atoms with E-state index in [0.717, 1.165) is 51.0 Å². The van der Waals surface area contributed by atoms with E-state index in [0.29, 0.717) is 0 Å². The van der Waals surface area contributed by atoms with Crippen LogP contribution in [-0.4, -0.2) is 22.5 Å². The van der Waals surface area contributed by atoms with E-state index in [-0.39, 0.29) is 0 Å². The minimum atomic E-state index is 0.762. The van der Waals surface area contributed by atoms with Crippen molar-refractivity contribution in [2.45, 2.75) is 35.8 Å². The third kappa shape index (κ3) is 3.80. The van der Waals surface area contributed by atoms with Gasteiger partial charge in [0.1, 0.15) is 11.5 Å². The lowest BCUT2D eigenvalue weighted by Gasteiger charge is -2.08. The molecule has 2 heterocycles. The van der Waals surface area contributed by atoms with Crippen molar-refractivity contribution >= 4 is 33.9 Å². The first-order valence-corrected chi connectivity index (χ1v) is 9.96. The molecule has 1 N–H and O–H groups in total. The molecule has 0 atom stereocenters. The zero-order valence-corrected chi connectivity index (χ0v) is 15.5. The maximum absolute atomic E-state index is 5.46. The highest BCUT2D eigenvalue weighted by atomic mass is 32.2. The number of anilines is 2. The van der Waals surface area contributed by atoms with Crippen LogP contribution in [0.2, 0.25) is 0 Å². The van der Waals surface area contributed by atoms with Crippen LogP contribution >= 0.6 is 23.1 Å². The molecule has 25 heavy (non-hydrogen) atoms. The van der Waals surface area contributed by atoms with E-state index >= 15 is 0 Å². The molecule has 0 bridgehead atoms. The molecule has 0 saturated carbocycles. The molecule has 0 saturated heterocycles. The van der Waals surface area contributed by atoms with Crippen molar-refractivity contribution in [3.05, 3.63) is 41.3 Å². The molecule has 0 radical (unpaired) electrons. The fourth-order valence-electron chi connectivity index (χ4n) is 2.84. The zero-order chi connectivity index (χ0) is 17.1. The highest BCUT2D eigenvalue weighted by Crippen LogP contribution is 2.33. The molecule has 6 nitrogen and oxygen atoms in total. The topological polar surface area (TPSA) is 73.1 Å². The molecular weight excluding hydrogens is 356 g/mol. The molecule has 3 aromatic rings. The molecule has 0 unspecified atom stereocenters. The number of rotatable bonds is 6. The summed E-state index contributed by atoms with van der Waals surface area (Å²) in [4.78, 5) is 0. The number of thioether (sulfide) groups is 1. The van der Waals surface area contributed by atoms with Crippen LogP contribution in [0.3, 0.4) is 0 Å². The molecule has 0 amide bonds. The van der Waals surface area contributed by atoms with Gasteiger partial charge in [0.15, 0.2) is 4.34 Å². The van der Waals surface area contributed by atoms with Gasteiger partial charge in [-0.3, -0.25) is 0 Å². The second-order valence-electron chi connectivity index (χ2n) is 5.76. The Morgan fingerprint density at radius 2 is 2.20 bits per heavy atom. The molecule has 0 aliphatic heterocycles. The Morgan fingerprint density at radius 3 is 3.12 bits per heavy atom. The first-order chi connectivity index (χ1) is 12.3. The summed E-state index contributed by atoms with van der Waals surface area (Å²) < 4.78 is 11.6. The fraction of sp³-hybridized carbons (Fsp3) is 0.353. The van der Waals surface area contributed by atoms with Crippen LogP contribution in [0.1, 0.15) is 29.9 Å². The number of nitrogens with one attached hydrogen (secondary N) is 1. The Bertz CT molecular complexity index is 862. The molecule has 0 fully saturated rings. The van der Waals surface area contributed by atoms with E-state index in [1.54, 1.807) is 18.9 Å². The number of hydrogen-bond acceptors (Lipinski definition) is 8. The first kappa shape index (κ1) is 16.4. The van der Waals surface area contributed by atoms with Crippen molar-refractivity contribution in [3.63, 3.8) is 0 Å². The summed E-state index contributed by atoms with van der Waals surface area (Å²) in [6.07, 6.45) is 4.51. The van der Waals surface area contributed by atoms with Crippen molar-refractivity contribution in [2.75, 3.05) is 12.4 Å². The largest absolute Gasteiger partial charge is 0.497 e. The predicted molar refractivity (Wildman–Crippen MR) is 98.9 cm³/mol.